The van der Waals surface area contributed by atoms with Crippen LogP contribution in [-0.2, 0) is 47.9 Å². The van der Waals surface area contributed by atoms with Gasteiger partial charge in [0.15, 0.2) is 0 Å². The summed E-state index contributed by atoms with van der Waals surface area (Å²) >= 11 is 0. The molecule has 10 N–H and O–H groups in total. The third-order valence-electron chi connectivity index (χ3n) is 9.37. The van der Waals surface area contributed by atoms with Gasteiger partial charge < -0.3 is 51.9 Å². The Morgan fingerprint density at radius 1 is 0.393 bits per heavy atom. The highest BCUT2D eigenvalue weighted by molar-refractivity contribution is 5.94. The van der Waals surface area contributed by atoms with Gasteiger partial charge in [0.25, 0.3) is 0 Å². The zero-order chi connectivity index (χ0) is 46.1. The molecule has 0 radical (unpaired) electrons. The van der Waals surface area contributed by atoms with E-state index in [1.54, 1.807) is 33.4 Å². The van der Waals surface area contributed by atoms with E-state index < -0.39 is 97.1 Å². The van der Waals surface area contributed by atoms with Crippen molar-refractivity contribution in [3.05, 3.63) is 0 Å². The van der Waals surface area contributed by atoms with Crippen LogP contribution in [0.5, 0.6) is 0 Å². The quantitative estimate of drug-likeness (QED) is 0.0399. The van der Waals surface area contributed by atoms with E-state index in [4.69, 9.17) is 5.11 Å². The molecule has 0 aliphatic carbocycles. The highest BCUT2D eigenvalue weighted by Crippen LogP contribution is 2.10. The van der Waals surface area contributed by atoms with E-state index >= 15 is 0 Å². The van der Waals surface area contributed by atoms with Crippen molar-refractivity contribution in [3.8, 4) is 0 Å². The van der Waals surface area contributed by atoms with Crippen LogP contribution in [0.4, 0.5) is 0 Å². The molecule has 24 heteroatoms. The Morgan fingerprint density at radius 3 is 0.918 bits per heavy atom. The van der Waals surface area contributed by atoms with E-state index in [9.17, 15) is 73.5 Å². The molecule has 346 valence electrons. The molecule has 1 aliphatic rings. The monoisotopic (exact) mass is 874 g/mol. The van der Waals surface area contributed by atoms with Crippen LogP contribution in [0.3, 0.4) is 0 Å². The minimum atomic E-state index is -1.44. The molecule has 0 aromatic rings. The first-order chi connectivity index (χ1) is 28.6. The Balaban J connectivity index is 3.36. The molecule has 1 saturated heterocycles. The van der Waals surface area contributed by atoms with Crippen molar-refractivity contribution in [3.63, 3.8) is 0 Å². The summed E-state index contributed by atoms with van der Waals surface area (Å²) < 4.78 is 0. The molecule has 0 spiro atoms. The van der Waals surface area contributed by atoms with Gasteiger partial charge in [-0.15, -0.1) is 0 Å². The highest BCUT2D eigenvalue weighted by atomic mass is 16.4. The Hall–Kier alpha value is -5.46. The minimum Gasteiger partial charge on any atom is -0.481 e. The SMILES string of the molecule is CC(C)NC(=O)[C@H](CCCC(=O)O)NC(=O)[C@H](CCCC(=O)O)NC(=O)C(CCCC(=O)O)NC(=O)CN1CCN(CC(=O)O)CCN(CC(=O)O)CCN(CC(=O)O)CC1. The normalized spacial score (nSPS) is 16.4. The Labute approximate surface area is 352 Å². The van der Waals surface area contributed by atoms with Crippen molar-refractivity contribution in [2.45, 2.75) is 95.8 Å². The summed E-state index contributed by atoms with van der Waals surface area (Å²) in [5.41, 5.74) is 0. The number of carboxylic acid groups (broad SMARTS) is 6. The number of hydrogen-bond donors (Lipinski definition) is 10. The maximum absolute atomic E-state index is 13.8. The first-order valence-corrected chi connectivity index (χ1v) is 20.1. The van der Waals surface area contributed by atoms with Crippen LogP contribution in [0.1, 0.15) is 71.6 Å². The third-order valence-corrected chi connectivity index (χ3v) is 9.37. The van der Waals surface area contributed by atoms with Crippen molar-refractivity contribution in [2.24, 2.45) is 0 Å². The van der Waals surface area contributed by atoms with Gasteiger partial charge in [0.2, 0.25) is 23.6 Å². The van der Waals surface area contributed by atoms with E-state index in [0.29, 0.717) is 0 Å². The summed E-state index contributed by atoms with van der Waals surface area (Å²) in [7, 11) is 0. The minimum absolute atomic E-state index is 0.0110. The molecule has 1 heterocycles. The number of hydrogen-bond acceptors (Lipinski definition) is 14. The second kappa shape index (κ2) is 28.9. The number of carbonyl (C=O) groups is 10. The standard InChI is InChI=1S/C37H62N8O16/c1-24(2)38-35(59)26(7-4-10-30(49)50)40-37(61)27(8-5-11-31(51)52)41-36(60)25(6-3-9-29(47)48)39-28(46)20-42-12-14-43(21-32(53)54)16-18-45(23-34(57)58)19-17-44(15-13-42)22-33(55)56/h24-27H,3-23H2,1-2H3,(H,38,59)(H,39,46)(H,40,61)(H,41,60)(H,47,48)(H,49,50)(H,51,52)(H,53,54)(H,55,56)(H,57,58)/t25?,26-,27-/m0/s1. The predicted octanol–water partition coefficient (Wildman–Crippen LogP) is -2.79. The van der Waals surface area contributed by atoms with Gasteiger partial charge in [-0.05, 0) is 52.4 Å². The lowest BCUT2D eigenvalue weighted by molar-refractivity contribution is -0.140. The van der Waals surface area contributed by atoms with Crippen molar-refractivity contribution in [2.75, 3.05) is 78.5 Å². The molecule has 0 aromatic carbocycles. The molecule has 0 bridgehead atoms. The van der Waals surface area contributed by atoms with Crippen molar-refractivity contribution in [1.82, 2.24) is 40.9 Å². The fourth-order valence-electron chi connectivity index (χ4n) is 6.34. The molecule has 4 amide bonds. The van der Waals surface area contributed by atoms with Gasteiger partial charge in [0.05, 0.1) is 26.2 Å². The number of aliphatic carboxylic acids is 6. The van der Waals surface area contributed by atoms with E-state index in [1.807, 2.05) is 0 Å². The van der Waals surface area contributed by atoms with Crippen LogP contribution in [-0.4, -0.2) is 212 Å². The molecule has 0 saturated carbocycles. The highest BCUT2D eigenvalue weighted by Gasteiger charge is 2.31. The predicted molar refractivity (Wildman–Crippen MR) is 212 cm³/mol. The zero-order valence-electron chi connectivity index (χ0n) is 34.7. The molecule has 1 fully saturated rings. The van der Waals surface area contributed by atoms with Crippen LogP contribution in [0, 0.1) is 0 Å². The van der Waals surface area contributed by atoms with Gasteiger partial charge in [0, 0.05) is 77.7 Å². The number of nitrogens with zero attached hydrogens (tertiary/aromatic N) is 4. The van der Waals surface area contributed by atoms with Crippen LogP contribution in [0.15, 0.2) is 0 Å². The van der Waals surface area contributed by atoms with Crippen molar-refractivity contribution >= 4 is 59.4 Å². The van der Waals surface area contributed by atoms with Crippen LogP contribution < -0.4 is 21.3 Å². The lowest BCUT2D eigenvalue weighted by Gasteiger charge is -2.33. The van der Waals surface area contributed by atoms with E-state index in [1.165, 1.54) is 0 Å². The molecule has 61 heavy (non-hydrogen) atoms. The summed E-state index contributed by atoms with van der Waals surface area (Å²) in [5.74, 6) is -10.1. The molecule has 1 rings (SSSR count). The van der Waals surface area contributed by atoms with Gasteiger partial charge >= 0.3 is 35.8 Å². The lowest BCUT2D eigenvalue weighted by Crippen LogP contribution is -2.57. The van der Waals surface area contributed by atoms with Crippen LogP contribution >= 0.6 is 0 Å². The zero-order valence-corrected chi connectivity index (χ0v) is 34.7. The molecule has 3 atom stereocenters. The molecule has 1 aliphatic heterocycles. The lowest BCUT2D eigenvalue weighted by atomic mass is 10.0. The maximum Gasteiger partial charge on any atom is 0.317 e. The number of nitrogens with one attached hydrogen (secondary N) is 4. The van der Waals surface area contributed by atoms with Crippen molar-refractivity contribution in [1.29, 1.82) is 0 Å². The van der Waals surface area contributed by atoms with Gasteiger partial charge in [-0.25, -0.2) is 0 Å². The summed E-state index contributed by atoms with van der Waals surface area (Å²) in [4.78, 5) is 129. The van der Waals surface area contributed by atoms with Crippen LogP contribution in [0.2, 0.25) is 0 Å². The smallest absolute Gasteiger partial charge is 0.317 e. The Kier molecular flexibility index (Phi) is 25.4. The molecule has 24 nitrogen and oxygen atoms in total. The number of amides is 4. The summed E-state index contributed by atoms with van der Waals surface area (Å²) in [6, 6.07) is -4.43. The average Bonchev–Trinajstić information content (AvgIpc) is 3.13. The second-order valence-electron chi connectivity index (χ2n) is 15.0. The Bertz CT molecular complexity index is 1480. The van der Waals surface area contributed by atoms with E-state index in [2.05, 4.69) is 21.3 Å². The number of carboxylic acids is 6. The Morgan fingerprint density at radius 2 is 0.656 bits per heavy atom. The third kappa shape index (κ3) is 25.7. The first kappa shape index (κ1) is 53.6. The van der Waals surface area contributed by atoms with Crippen LogP contribution in [0.25, 0.3) is 0 Å². The number of rotatable bonds is 27. The number of carbonyl (C=O) groups excluding carboxylic acids is 4. The topological polar surface area (TPSA) is 353 Å². The summed E-state index contributed by atoms with van der Waals surface area (Å²) in [6.45, 7) is 2.74. The molecule has 1 unspecified atom stereocenters. The molecule has 0 aromatic heterocycles. The van der Waals surface area contributed by atoms with Gasteiger partial charge in [-0.3, -0.25) is 67.5 Å². The van der Waals surface area contributed by atoms with E-state index in [0.717, 1.165) is 0 Å². The van der Waals surface area contributed by atoms with E-state index in [-0.39, 0.29) is 123 Å². The first-order valence-electron chi connectivity index (χ1n) is 20.1. The molecular formula is C37H62N8O16. The second-order valence-corrected chi connectivity index (χ2v) is 15.0. The van der Waals surface area contributed by atoms with Gasteiger partial charge in [-0.1, -0.05) is 0 Å². The maximum atomic E-state index is 13.8. The summed E-state index contributed by atoms with van der Waals surface area (Å²) in [6.07, 6.45) is -1.79. The fourth-order valence-corrected chi connectivity index (χ4v) is 6.34. The van der Waals surface area contributed by atoms with Gasteiger partial charge in [-0.2, -0.15) is 0 Å². The largest absolute Gasteiger partial charge is 0.481 e. The average molecular weight is 875 g/mol. The summed E-state index contributed by atoms with van der Waals surface area (Å²) in [5, 5.41) is 66.2. The fraction of sp³-hybridized carbons (Fsp3) is 0.730. The van der Waals surface area contributed by atoms with Gasteiger partial charge in [0.1, 0.15) is 18.1 Å². The van der Waals surface area contributed by atoms with Crippen molar-refractivity contribution < 1.29 is 78.6 Å². The molecular weight excluding hydrogens is 812 g/mol.